The van der Waals surface area contributed by atoms with Crippen LogP contribution in [-0.2, 0) is 14.3 Å². The van der Waals surface area contributed by atoms with Crippen molar-refractivity contribution in [3.8, 4) is 6.07 Å². The molecule has 1 aromatic heterocycles. The van der Waals surface area contributed by atoms with E-state index in [2.05, 4.69) is 4.98 Å². The van der Waals surface area contributed by atoms with E-state index in [9.17, 15) is 19.6 Å². The fourth-order valence-electron chi connectivity index (χ4n) is 2.99. The van der Waals surface area contributed by atoms with Crippen molar-refractivity contribution in [1.29, 1.82) is 5.26 Å². The zero-order valence-electron chi connectivity index (χ0n) is 18.2. The lowest BCUT2D eigenvalue weighted by atomic mass is 10.1. The standard InChI is InChI=1S/C23H25N3O5/c1-6-30-23(29)20-14(2)21(25-15(20)3)19(27)13-31-22(28)17(12-24)11-16-7-9-18(10-8-16)26(4)5/h7-11,25H,6,13H2,1-5H3. The highest BCUT2D eigenvalue weighted by Gasteiger charge is 2.24. The first kappa shape index (κ1) is 23.4. The number of ketones is 1. The molecule has 31 heavy (non-hydrogen) atoms. The lowest BCUT2D eigenvalue weighted by Gasteiger charge is -2.11. The quantitative estimate of drug-likeness (QED) is 0.300. The van der Waals surface area contributed by atoms with Gasteiger partial charge in [0.2, 0.25) is 5.78 Å². The maximum absolute atomic E-state index is 12.5. The minimum absolute atomic E-state index is 0.162. The summed E-state index contributed by atoms with van der Waals surface area (Å²) in [5, 5.41) is 9.31. The third-order valence-electron chi connectivity index (χ3n) is 4.59. The molecule has 0 unspecified atom stereocenters. The number of Topliss-reactive ketones (excluding diaryl/α,β-unsaturated/α-hetero) is 1. The number of esters is 2. The Kier molecular flexibility index (Phi) is 7.75. The monoisotopic (exact) mass is 423 g/mol. The summed E-state index contributed by atoms with van der Waals surface area (Å²) in [6, 6.07) is 9.05. The number of nitriles is 1. The molecule has 0 amide bonds. The maximum Gasteiger partial charge on any atom is 0.349 e. The van der Waals surface area contributed by atoms with Gasteiger partial charge in [-0.2, -0.15) is 5.26 Å². The van der Waals surface area contributed by atoms with Gasteiger partial charge in [0.05, 0.1) is 17.9 Å². The normalized spacial score (nSPS) is 10.9. The SMILES string of the molecule is CCOC(=O)c1c(C)[nH]c(C(=O)COC(=O)C(C#N)=Cc2ccc(N(C)C)cc2)c1C. The van der Waals surface area contributed by atoms with Crippen molar-refractivity contribution in [2.75, 3.05) is 32.2 Å². The van der Waals surface area contributed by atoms with Crippen LogP contribution in [0.25, 0.3) is 6.08 Å². The number of carbonyl (C=O) groups excluding carboxylic acids is 3. The van der Waals surface area contributed by atoms with Gasteiger partial charge in [-0.25, -0.2) is 9.59 Å². The van der Waals surface area contributed by atoms with Crippen LogP contribution in [0.2, 0.25) is 0 Å². The van der Waals surface area contributed by atoms with E-state index < -0.39 is 24.3 Å². The number of benzene rings is 1. The van der Waals surface area contributed by atoms with Gasteiger partial charge < -0.3 is 19.4 Å². The summed E-state index contributed by atoms with van der Waals surface area (Å²) >= 11 is 0. The Balaban J connectivity index is 2.10. The van der Waals surface area contributed by atoms with E-state index >= 15 is 0 Å². The van der Waals surface area contributed by atoms with Crippen LogP contribution in [-0.4, -0.2) is 50.0 Å². The molecule has 0 saturated carbocycles. The second kappa shape index (κ2) is 10.3. The third kappa shape index (κ3) is 5.60. The zero-order chi connectivity index (χ0) is 23.1. The summed E-state index contributed by atoms with van der Waals surface area (Å²) in [7, 11) is 3.81. The highest BCUT2D eigenvalue weighted by Crippen LogP contribution is 2.20. The molecule has 0 bridgehead atoms. The molecule has 0 saturated heterocycles. The molecule has 0 radical (unpaired) electrons. The Morgan fingerprint density at radius 3 is 2.32 bits per heavy atom. The molecule has 0 spiro atoms. The molecule has 1 N–H and O–H groups in total. The molecule has 8 nitrogen and oxygen atoms in total. The fourth-order valence-corrected chi connectivity index (χ4v) is 2.99. The highest BCUT2D eigenvalue weighted by molar-refractivity contribution is 6.04. The van der Waals surface area contributed by atoms with Crippen molar-refractivity contribution < 1.29 is 23.9 Å². The summed E-state index contributed by atoms with van der Waals surface area (Å²) in [6.45, 7) is 4.60. The van der Waals surface area contributed by atoms with Crippen LogP contribution in [0.1, 0.15) is 44.6 Å². The van der Waals surface area contributed by atoms with Gasteiger partial charge in [-0.3, -0.25) is 4.79 Å². The largest absolute Gasteiger partial charge is 0.462 e. The average molecular weight is 423 g/mol. The second-order valence-electron chi connectivity index (χ2n) is 7.00. The first-order valence-electron chi connectivity index (χ1n) is 9.65. The van der Waals surface area contributed by atoms with Crippen LogP contribution >= 0.6 is 0 Å². The molecule has 162 valence electrons. The van der Waals surface area contributed by atoms with E-state index in [4.69, 9.17) is 9.47 Å². The van der Waals surface area contributed by atoms with E-state index in [0.29, 0.717) is 16.8 Å². The zero-order valence-corrected chi connectivity index (χ0v) is 18.2. The lowest BCUT2D eigenvalue weighted by molar-refractivity contribution is -0.137. The summed E-state index contributed by atoms with van der Waals surface area (Å²) in [5.41, 5.74) is 2.77. The Morgan fingerprint density at radius 1 is 1.13 bits per heavy atom. The number of carbonyl (C=O) groups is 3. The number of nitrogens with zero attached hydrogens (tertiary/aromatic N) is 2. The molecule has 8 heteroatoms. The number of hydrogen-bond acceptors (Lipinski definition) is 7. The minimum atomic E-state index is -0.904. The summed E-state index contributed by atoms with van der Waals surface area (Å²) in [5.74, 6) is -1.95. The second-order valence-corrected chi connectivity index (χ2v) is 7.00. The number of aromatic nitrogens is 1. The predicted molar refractivity (Wildman–Crippen MR) is 116 cm³/mol. The molecule has 0 aliphatic heterocycles. The van der Waals surface area contributed by atoms with Crippen molar-refractivity contribution in [2.24, 2.45) is 0 Å². The van der Waals surface area contributed by atoms with Gasteiger partial charge in [-0.1, -0.05) is 12.1 Å². The molecule has 2 rings (SSSR count). The van der Waals surface area contributed by atoms with Crippen LogP contribution in [0.5, 0.6) is 0 Å². The van der Waals surface area contributed by atoms with Crippen molar-refractivity contribution in [1.82, 2.24) is 4.98 Å². The molecule has 0 aliphatic rings. The highest BCUT2D eigenvalue weighted by atomic mass is 16.5. The summed E-state index contributed by atoms with van der Waals surface area (Å²) < 4.78 is 10.0. The van der Waals surface area contributed by atoms with Gasteiger partial charge in [-0.05, 0) is 50.1 Å². The Morgan fingerprint density at radius 2 is 1.77 bits per heavy atom. The summed E-state index contributed by atoms with van der Waals surface area (Å²) in [4.78, 5) is 41.6. The number of hydrogen-bond donors (Lipinski definition) is 1. The smallest absolute Gasteiger partial charge is 0.349 e. The molecule has 0 atom stereocenters. The molecular weight excluding hydrogens is 398 g/mol. The number of ether oxygens (including phenoxy) is 2. The van der Waals surface area contributed by atoms with E-state index in [1.54, 1.807) is 39.0 Å². The Hall–Kier alpha value is -3.86. The average Bonchev–Trinajstić information content (AvgIpc) is 3.04. The van der Waals surface area contributed by atoms with Gasteiger partial charge in [0, 0.05) is 25.5 Å². The van der Waals surface area contributed by atoms with E-state index in [1.807, 2.05) is 31.1 Å². The molecule has 1 aromatic carbocycles. The van der Waals surface area contributed by atoms with Crippen molar-refractivity contribution >= 4 is 29.5 Å². The van der Waals surface area contributed by atoms with Gasteiger partial charge >= 0.3 is 11.9 Å². The molecule has 0 aliphatic carbocycles. The number of H-pyrrole nitrogens is 1. The number of anilines is 1. The number of nitrogens with one attached hydrogen (secondary N) is 1. The number of aromatic amines is 1. The molecule has 2 aromatic rings. The minimum Gasteiger partial charge on any atom is -0.462 e. The fraction of sp³-hybridized carbons (Fsp3) is 0.304. The predicted octanol–water partition coefficient (Wildman–Crippen LogP) is 3.21. The van der Waals surface area contributed by atoms with E-state index in [0.717, 1.165) is 5.69 Å². The topological polar surface area (TPSA) is 112 Å². The van der Waals surface area contributed by atoms with Crippen molar-refractivity contribution in [3.05, 3.63) is 57.9 Å². The lowest BCUT2D eigenvalue weighted by Crippen LogP contribution is -2.16. The van der Waals surface area contributed by atoms with E-state index in [1.165, 1.54) is 6.08 Å². The van der Waals surface area contributed by atoms with Gasteiger partial charge in [0.25, 0.3) is 0 Å². The first-order valence-corrected chi connectivity index (χ1v) is 9.65. The van der Waals surface area contributed by atoms with Gasteiger partial charge in [0.15, 0.2) is 6.61 Å². The molecule has 0 fully saturated rings. The van der Waals surface area contributed by atoms with Gasteiger partial charge in [0.1, 0.15) is 11.6 Å². The van der Waals surface area contributed by atoms with Crippen LogP contribution in [0.15, 0.2) is 29.8 Å². The first-order chi connectivity index (χ1) is 14.7. The van der Waals surface area contributed by atoms with Crippen LogP contribution < -0.4 is 4.90 Å². The van der Waals surface area contributed by atoms with Crippen molar-refractivity contribution in [2.45, 2.75) is 20.8 Å². The maximum atomic E-state index is 12.5. The van der Waals surface area contributed by atoms with Crippen molar-refractivity contribution in [3.63, 3.8) is 0 Å². The Bertz CT molecular complexity index is 1060. The van der Waals surface area contributed by atoms with Crippen LogP contribution in [0.3, 0.4) is 0 Å². The number of aryl methyl sites for hydroxylation is 1. The van der Waals surface area contributed by atoms with E-state index in [-0.39, 0.29) is 23.4 Å². The van der Waals surface area contributed by atoms with Crippen LogP contribution in [0.4, 0.5) is 5.69 Å². The van der Waals surface area contributed by atoms with Crippen LogP contribution in [0, 0.1) is 25.2 Å². The molecular formula is C23H25N3O5. The molecule has 1 heterocycles. The van der Waals surface area contributed by atoms with Gasteiger partial charge in [-0.15, -0.1) is 0 Å². The summed E-state index contributed by atoms with van der Waals surface area (Å²) in [6.07, 6.45) is 1.40. The Labute approximate surface area is 181 Å². The third-order valence-corrected chi connectivity index (χ3v) is 4.59. The number of rotatable bonds is 8.